The molecule has 0 saturated carbocycles. The molecule has 0 aliphatic heterocycles. The van der Waals surface area contributed by atoms with Crippen LogP contribution >= 0.6 is 15.9 Å². The Morgan fingerprint density at radius 1 is 1.56 bits per heavy atom. The van der Waals surface area contributed by atoms with E-state index in [1.165, 1.54) is 0 Å². The molecule has 0 spiro atoms. The highest BCUT2D eigenvalue weighted by Gasteiger charge is 2.10. The van der Waals surface area contributed by atoms with Crippen LogP contribution < -0.4 is 5.32 Å². The van der Waals surface area contributed by atoms with Gasteiger partial charge in [-0.15, -0.1) is 0 Å². The van der Waals surface area contributed by atoms with Crippen LogP contribution in [0.1, 0.15) is 32.1 Å². The summed E-state index contributed by atoms with van der Waals surface area (Å²) in [5, 5.41) is 3.39. The van der Waals surface area contributed by atoms with E-state index < -0.39 is 0 Å². The zero-order valence-electron chi connectivity index (χ0n) is 9.42. The summed E-state index contributed by atoms with van der Waals surface area (Å²) in [5.41, 5.74) is 1.73. The number of aromatic nitrogens is 3. The summed E-state index contributed by atoms with van der Waals surface area (Å²) in [6.45, 7) is 5.24. The van der Waals surface area contributed by atoms with Crippen molar-refractivity contribution in [2.45, 2.75) is 26.3 Å². The fraction of sp³-hybridized carbons (Fsp3) is 0.455. The second-order valence-electron chi connectivity index (χ2n) is 3.82. The molecule has 2 aromatic rings. The second-order valence-corrected chi connectivity index (χ2v) is 4.74. The lowest BCUT2D eigenvalue weighted by Gasteiger charge is -2.09. The van der Waals surface area contributed by atoms with Gasteiger partial charge in [-0.3, -0.25) is 0 Å². The van der Waals surface area contributed by atoms with E-state index in [0.717, 1.165) is 34.4 Å². The van der Waals surface area contributed by atoms with Gasteiger partial charge in [0.1, 0.15) is 5.82 Å². The largest absolute Gasteiger partial charge is 0.339 e. The molecule has 2 N–H and O–H groups in total. The first-order chi connectivity index (χ1) is 7.70. The summed E-state index contributed by atoms with van der Waals surface area (Å²) in [6, 6.07) is 2.22. The minimum Gasteiger partial charge on any atom is -0.339 e. The number of imidazole rings is 1. The Hall–Kier alpha value is -0.940. The lowest BCUT2D eigenvalue weighted by Crippen LogP contribution is -2.20. The standard InChI is InChI=1S/C11H15BrN4/c1-3-4-13-7(2)10-15-9-5-8(12)6-14-11(9)16-10/h5-7,13H,3-4H2,1-2H3,(H,14,15,16). The van der Waals surface area contributed by atoms with Crippen LogP contribution in [0.25, 0.3) is 11.2 Å². The quantitative estimate of drug-likeness (QED) is 0.907. The Balaban J connectivity index is 2.25. The lowest BCUT2D eigenvalue weighted by molar-refractivity contribution is 0.550. The lowest BCUT2D eigenvalue weighted by atomic mass is 10.3. The van der Waals surface area contributed by atoms with Gasteiger partial charge in [0.2, 0.25) is 0 Å². The molecule has 1 atom stereocenters. The molecule has 2 aromatic heterocycles. The number of nitrogens with zero attached hydrogens (tertiary/aromatic N) is 2. The summed E-state index contributed by atoms with van der Waals surface area (Å²) < 4.78 is 0.962. The summed E-state index contributed by atoms with van der Waals surface area (Å²) >= 11 is 3.39. The van der Waals surface area contributed by atoms with Gasteiger partial charge >= 0.3 is 0 Å². The van der Waals surface area contributed by atoms with Crippen molar-refractivity contribution < 1.29 is 0 Å². The molecule has 0 aliphatic carbocycles. The van der Waals surface area contributed by atoms with Crippen molar-refractivity contribution in [1.82, 2.24) is 20.3 Å². The molecule has 86 valence electrons. The number of H-pyrrole nitrogens is 1. The molecule has 0 aliphatic rings. The minimum absolute atomic E-state index is 0.230. The molecule has 0 saturated heterocycles. The number of pyridine rings is 1. The van der Waals surface area contributed by atoms with Crippen molar-refractivity contribution in [3.63, 3.8) is 0 Å². The van der Waals surface area contributed by atoms with Crippen molar-refractivity contribution in [3.8, 4) is 0 Å². The maximum atomic E-state index is 4.46. The van der Waals surface area contributed by atoms with Gasteiger partial charge in [-0.25, -0.2) is 9.97 Å². The van der Waals surface area contributed by atoms with Crippen LogP contribution in [-0.4, -0.2) is 21.5 Å². The van der Waals surface area contributed by atoms with Gasteiger partial charge in [-0.05, 0) is 41.9 Å². The topological polar surface area (TPSA) is 53.6 Å². The van der Waals surface area contributed by atoms with E-state index >= 15 is 0 Å². The van der Waals surface area contributed by atoms with E-state index in [1.54, 1.807) is 6.20 Å². The van der Waals surface area contributed by atoms with Crippen molar-refractivity contribution in [1.29, 1.82) is 0 Å². The van der Waals surface area contributed by atoms with E-state index in [4.69, 9.17) is 0 Å². The van der Waals surface area contributed by atoms with Gasteiger partial charge in [0.15, 0.2) is 5.65 Å². The number of aromatic amines is 1. The van der Waals surface area contributed by atoms with Gasteiger partial charge < -0.3 is 10.3 Å². The summed E-state index contributed by atoms with van der Waals surface area (Å²) in [6.07, 6.45) is 2.88. The first-order valence-corrected chi connectivity index (χ1v) is 6.24. The van der Waals surface area contributed by atoms with E-state index in [9.17, 15) is 0 Å². The van der Waals surface area contributed by atoms with Crippen LogP contribution in [0, 0.1) is 0 Å². The summed E-state index contributed by atoms with van der Waals surface area (Å²) in [5.74, 6) is 0.939. The van der Waals surface area contributed by atoms with Gasteiger partial charge in [0.05, 0.1) is 11.6 Å². The number of fused-ring (bicyclic) bond motifs is 1. The fourth-order valence-corrected chi connectivity index (χ4v) is 1.89. The van der Waals surface area contributed by atoms with Crippen LogP contribution in [0.2, 0.25) is 0 Å². The van der Waals surface area contributed by atoms with Crippen LogP contribution in [0.3, 0.4) is 0 Å². The van der Waals surface area contributed by atoms with Crippen molar-refractivity contribution in [2.24, 2.45) is 0 Å². The van der Waals surface area contributed by atoms with Crippen molar-refractivity contribution >= 4 is 27.1 Å². The first-order valence-electron chi connectivity index (χ1n) is 5.45. The fourth-order valence-electron chi connectivity index (χ4n) is 1.56. The van der Waals surface area contributed by atoms with Gasteiger partial charge in [0.25, 0.3) is 0 Å². The number of halogens is 1. The molecular formula is C11H15BrN4. The minimum atomic E-state index is 0.230. The highest BCUT2D eigenvalue weighted by molar-refractivity contribution is 9.10. The molecule has 0 aromatic carbocycles. The molecule has 0 amide bonds. The smallest absolute Gasteiger partial charge is 0.177 e. The normalized spacial score (nSPS) is 13.2. The SMILES string of the molecule is CCCNC(C)c1nc2ncc(Br)cc2[nH]1. The van der Waals surface area contributed by atoms with E-state index in [-0.39, 0.29) is 6.04 Å². The number of hydrogen-bond donors (Lipinski definition) is 2. The average molecular weight is 283 g/mol. The molecule has 4 nitrogen and oxygen atoms in total. The monoisotopic (exact) mass is 282 g/mol. The molecular weight excluding hydrogens is 268 g/mol. The van der Waals surface area contributed by atoms with E-state index in [2.05, 4.69) is 50.0 Å². The van der Waals surface area contributed by atoms with Crippen LogP contribution in [-0.2, 0) is 0 Å². The molecule has 5 heteroatoms. The zero-order valence-corrected chi connectivity index (χ0v) is 11.0. The Bertz CT molecular complexity index is 480. The third kappa shape index (κ3) is 2.41. The Kier molecular flexibility index (Phi) is 3.56. The average Bonchev–Trinajstić information content (AvgIpc) is 2.68. The molecule has 0 bridgehead atoms. The summed E-state index contributed by atoms with van der Waals surface area (Å²) in [7, 11) is 0. The molecule has 2 heterocycles. The molecule has 16 heavy (non-hydrogen) atoms. The van der Waals surface area contributed by atoms with Crippen molar-refractivity contribution in [3.05, 3.63) is 22.6 Å². The highest BCUT2D eigenvalue weighted by Crippen LogP contribution is 2.17. The molecule has 2 rings (SSSR count). The second kappa shape index (κ2) is 4.93. The molecule has 0 radical (unpaired) electrons. The van der Waals surface area contributed by atoms with Crippen molar-refractivity contribution in [2.75, 3.05) is 6.54 Å². The number of rotatable bonds is 4. The van der Waals surface area contributed by atoms with Crippen LogP contribution in [0.4, 0.5) is 0 Å². The maximum absolute atomic E-state index is 4.46. The van der Waals surface area contributed by atoms with Gasteiger partial charge in [-0.1, -0.05) is 6.92 Å². The Morgan fingerprint density at radius 2 is 2.38 bits per heavy atom. The predicted molar refractivity (Wildman–Crippen MR) is 68.3 cm³/mol. The number of nitrogens with one attached hydrogen (secondary N) is 2. The number of hydrogen-bond acceptors (Lipinski definition) is 3. The third-order valence-electron chi connectivity index (χ3n) is 2.43. The first kappa shape index (κ1) is 11.5. The molecule has 1 unspecified atom stereocenters. The molecule has 0 fully saturated rings. The van der Waals surface area contributed by atoms with Crippen LogP contribution in [0.15, 0.2) is 16.7 Å². The van der Waals surface area contributed by atoms with Gasteiger partial charge in [0, 0.05) is 10.7 Å². The Labute approximate surface area is 103 Å². The zero-order chi connectivity index (χ0) is 11.5. The van der Waals surface area contributed by atoms with E-state index in [1.807, 2.05) is 6.07 Å². The summed E-state index contributed by atoms with van der Waals surface area (Å²) in [4.78, 5) is 12.0. The maximum Gasteiger partial charge on any atom is 0.177 e. The third-order valence-corrected chi connectivity index (χ3v) is 2.87. The van der Waals surface area contributed by atoms with E-state index in [0.29, 0.717) is 0 Å². The predicted octanol–water partition coefficient (Wildman–Crippen LogP) is 2.78. The highest BCUT2D eigenvalue weighted by atomic mass is 79.9. The van der Waals surface area contributed by atoms with Gasteiger partial charge in [-0.2, -0.15) is 0 Å². The van der Waals surface area contributed by atoms with Crippen LogP contribution in [0.5, 0.6) is 0 Å². The Morgan fingerprint density at radius 3 is 3.12 bits per heavy atom.